The number of halogens is 1. The van der Waals surface area contributed by atoms with Crippen LogP contribution in [0, 0.1) is 11.7 Å². The van der Waals surface area contributed by atoms with Gasteiger partial charge in [-0.05, 0) is 6.42 Å². The Morgan fingerprint density at radius 3 is 2.76 bits per heavy atom. The van der Waals surface area contributed by atoms with Gasteiger partial charge in [0.15, 0.2) is 5.82 Å². The van der Waals surface area contributed by atoms with Crippen LogP contribution in [0.5, 0.6) is 0 Å². The molecule has 0 bridgehead atoms. The second-order valence-electron chi connectivity index (χ2n) is 5.89. The van der Waals surface area contributed by atoms with Crippen molar-refractivity contribution in [2.45, 2.75) is 25.0 Å². The Morgan fingerprint density at radius 1 is 1.43 bits per heavy atom. The van der Waals surface area contributed by atoms with Crippen LogP contribution in [0.1, 0.15) is 12.8 Å². The lowest BCUT2D eigenvalue weighted by atomic mass is 10.0. The first-order valence-electron chi connectivity index (χ1n) is 7.11. The summed E-state index contributed by atoms with van der Waals surface area (Å²) in [6, 6.07) is 0. The number of fused-ring (bicyclic) bond motifs is 1. The van der Waals surface area contributed by atoms with Crippen molar-refractivity contribution in [3.05, 3.63) is 18.2 Å². The number of ether oxygens (including phenoxy) is 1. The molecule has 0 aliphatic carbocycles. The van der Waals surface area contributed by atoms with Gasteiger partial charge in [-0.3, -0.25) is 4.79 Å². The molecule has 114 valence electrons. The van der Waals surface area contributed by atoms with Crippen molar-refractivity contribution in [3.8, 4) is 0 Å². The average Bonchev–Trinajstić information content (AvgIpc) is 2.97. The first-order valence-corrected chi connectivity index (χ1v) is 7.11. The van der Waals surface area contributed by atoms with E-state index in [-0.39, 0.29) is 18.1 Å². The number of anilines is 1. The predicted molar refractivity (Wildman–Crippen MR) is 74.3 cm³/mol. The lowest BCUT2D eigenvalue weighted by Crippen LogP contribution is -2.29. The molecule has 0 radical (unpaired) electrons. The van der Waals surface area contributed by atoms with E-state index in [1.165, 1.54) is 12.4 Å². The minimum absolute atomic E-state index is 0.00573. The van der Waals surface area contributed by atoms with Crippen LogP contribution in [-0.4, -0.2) is 60.2 Å². The molecule has 0 saturated carbocycles. The van der Waals surface area contributed by atoms with Gasteiger partial charge in [0.2, 0.25) is 11.9 Å². The quantitative estimate of drug-likeness (QED) is 0.821. The van der Waals surface area contributed by atoms with Crippen molar-refractivity contribution in [1.29, 1.82) is 0 Å². The first kappa shape index (κ1) is 14.2. The van der Waals surface area contributed by atoms with Crippen LogP contribution in [0.3, 0.4) is 0 Å². The minimum atomic E-state index is -0.434. The molecule has 2 aliphatic rings. The molecule has 0 aromatic carbocycles. The lowest BCUT2D eigenvalue weighted by Gasteiger charge is -2.19. The van der Waals surface area contributed by atoms with Gasteiger partial charge in [0, 0.05) is 33.1 Å². The number of aromatic nitrogens is 2. The van der Waals surface area contributed by atoms with E-state index in [0.717, 1.165) is 13.0 Å². The van der Waals surface area contributed by atoms with Gasteiger partial charge in [0.05, 0.1) is 31.0 Å². The minimum Gasteiger partial charge on any atom is -0.372 e. The van der Waals surface area contributed by atoms with E-state index in [2.05, 4.69) is 9.97 Å². The van der Waals surface area contributed by atoms with Crippen LogP contribution in [0.2, 0.25) is 0 Å². The SMILES string of the molecule is CN(C)C(=O)C[C@@H]1C[C@H]2CN(c3ncc(F)cn3)C[C@H]2O1. The van der Waals surface area contributed by atoms with Gasteiger partial charge in [-0.1, -0.05) is 0 Å². The van der Waals surface area contributed by atoms with E-state index in [1.54, 1.807) is 19.0 Å². The summed E-state index contributed by atoms with van der Waals surface area (Å²) in [5.41, 5.74) is 0. The third-order valence-electron chi connectivity index (χ3n) is 4.10. The standard InChI is InChI=1S/C14H19FN4O2/c1-18(2)13(20)4-11-3-9-7-19(8-12(9)21-11)14-16-5-10(15)6-17-14/h5-6,9,11-12H,3-4,7-8H2,1-2H3/t9-,11-,12+/m0/s1. The smallest absolute Gasteiger partial charge is 0.225 e. The molecule has 6 nitrogen and oxygen atoms in total. The summed E-state index contributed by atoms with van der Waals surface area (Å²) in [6.07, 6.45) is 3.78. The van der Waals surface area contributed by atoms with E-state index in [1.807, 2.05) is 4.90 Å². The Morgan fingerprint density at radius 2 is 2.14 bits per heavy atom. The third-order valence-corrected chi connectivity index (χ3v) is 4.10. The van der Waals surface area contributed by atoms with E-state index in [9.17, 15) is 9.18 Å². The fourth-order valence-electron chi connectivity index (χ4n) is 3.00. The Hall–Kier alpha value is -1.76. The van der Waals surface area contributed by atoms with Gasteiger partial charge >= 0.3 is 0 Å². The summed E-state index contributed by atoms with van der Waals surface area (Å²) in [6.45, 7) is 1.49. The van der Waals surface area contributed by atoms with E-state index in [4.69, 9.17) is 4.74 Å². The normalized spacial score (nSPS) is 27.8. The van der Waals surface area contributed by atoms with Gasteiger partial charge < -0.3 is 14.5 Å². The van der Waals surface area contributed by atoms with Crippen molar-refractivity contribution in [2.24, 2.45) is 5.92 Å². The Kier molecular flexibility index (Phi) is 3.75. The van der Waals surface area contributed by atoms with Crippen LogP contribution >= 0.6 is 0 Å². The van der Waals surface area contributed by atoms with E-state index >= 15 is 0 Å². The maximum absolute atomic E-state index is 12.8. The third kappa shape index (κ3) is 2.97. The van der Waals surface area contributed by atoms with E-state index < -0.39 is 5.82 Å². The number of amides is 1. The molecule has 1 amide bonds. The zero-order chi connectivity index (χ0) is 15.0. The largest absolute Gasteiger partial charge is 0.372 e. The molecule has 3 rings (SSSR count). The maximum Gasteiger partial charge on any atom is 0.225 e. The number of carbonyl (C=O) groups excluding carboxylic acids is 1. The Bertz CT molecular complexity index is 508. The molecule has 21 heavy (non-hydrogen) atoms. The summed E-state index contributed by atoms with van der Waals surface area (Å²) < 4.78 is 18.8. The van der Waals surface area contributed by atoms with E-state index in [0.29, 0.717) is 24.8 Å². The zero-order valence-electron chi connectivity index (χ0n) is 12.2. The Balaban J connectivity index is 1.56. The van der Waals surface area contributed by atoms with Gasteiger partial charge in [-0.15, -0.1) is 0 Å². The van der Waals surface area contributed by atoms with Gasteiger partial charge in [-0.25, -0.2) is 14.4 Å². The van der Waals surface area contributed by atoms with Gasteiger partial charge in [-0.2, -0.15) is 0 Å². The molecule has 3 atom stereocenters. The average molecular weight is 294 g/mol. The second kappa shape index (κ2) is 5.55. The lowest BCUT2D eigenvalue weighted by molar-refractivity contribution is -0.131. The van der Waals surface area contributed by atoms with Crippen LogP contribution in [0.25, 0.3) is 0 Å². The fourth-order valence-corrected chi connectivity index (χ4v) is 3.00. The molecule has 2 aliphatic heterocycles. The van der Waals surface area contributed by atoms with Gasteiger partial charge in [0.25, 0.3) is 0 Å². The van der Waals surface area contributed by atoms with Crippen molar-refractivity contribution >= 4 is 11.9 Å². The van der Waals surface area contributed by atoms with Crippen LogP contribution in [0.4, 0.5) is 10.3 Å². The summed E-state index contributed by atoms with van der Waals surface area (Å²) in [7, 11) is 3.51. The molecule has 1 aromatic rings. The summed E-state index contributed by atoms with van der Waals surface area (Å²) in [5, 5.41) is 0. The maximum atomic E-state index is 12.8. The molecule has 1 aromatic heterocycles. The number of carbonyl (C=O) groups is 1. The molecular formula is C14H19FN4O2. The van der Waals surface area contributed by atoms with Crippen molar-refractivity contribution in [2.75, 3.05) is 32.1 Å². The van der Waals surface area contributed by atoms with Crippen LogP contribution in [-0.2, 0) is 9.53 Å². The second-order valence-corrected chi connectivity index (χ2v) is 5.89. The highest BCUT2D eigenvalue weighted by atomic mass is 19.1. The number of hydrogen-bond acceptors (Lipinski definition) is 5. The van der Waals surface area contributed by atoms with Crippen molar-refractivity contribution in [1.82, 2.24) is 14.9 Å². The van der Waals surface area contributed by atoms with Crippen molar-refractivity contribution < 1.29 is 13.9 Å². The number of nitrogens with zero attached hydrogens (tertiary/aromatic N) is 4. The molecule has 2 saturated heterocycles. The topological polar surface area (TPSA) is 58.6 Å². The highest BCUT2D eigenvalue weighted by molar-refractivity contribution is 5.76. The number of rotatable bonds is 3. The zero-order valence-corrected chi connectivity index (χ0v) is 12.2. The molecule has 0 N–H and O–H groups in total. The summed E-state index contributed by atoms with van der Waals surface area (Å²) in [5.74, 6) is 0.587. The first-order chi connectivity index (χ1) is 10.0. The van der Waals surface area contributed by atoms with Crippen LogP contribution < -0.4 is 4.90 Å². The molecule has 2 fully saturated rings. The summed E-state index contributed by atoms with van der Waals surface area (Å²) in [4.78, 5) is 23.3. The fraction of sp³-hybridized carbons (Fsp3) is 0.643. The molecule has 0 spiro atoms. The molecule has 3 heterocycles. The molecule has 7 heteroatoms. The summed E-state index contributed by atoms with van der Waals surface area (Å²) >= 11 is 0. The highest BCUT2D eigenvalue weighted by Gasteiger charge is 2.43. The van der Waals surface area contributed by atoms with Gasteiger partial charge in [0.1, 0.15) is 0 Å². The highest BCUT2D eigenvalue weighted by Crippen LogP contribution is 2.35. The molecular weight excluding hydrogens is 275 g/mol. The van der Waals surface area contributed by atoms with Crippen LogP contribution in [0.15, 0.2) is 12.4 Å². The Labute approximate surface area is 122 Å². The molecule has 0 unspecified atom stereocenters. The van der Waals surface area contributed by atoms with Crippen molar-refractivity contribution in [3.63, 3.8) is 0 Å². The predicted octanol–water partition coefficient (Wildman–Crippen LogP) is 0.688. The number of hydrogen-bond donors (Lipinski definition) is 0. The monoisotopic (exact) mass is 294 g/mol.